The van der Waals surface area contributed by atoms with Gasteiger partial charge in [0.05, 0.1) is 6.54 Å². The second-order valence-electron chi connectivity index (χ2n) is 3.44. The van der Waals surface area contributed by atoms with Gasteiger partial charge in [-0.2, -0.15) is 0 Å². The van der Waals surface area contributed by atoms with E-state index in [0.29, 0.717) is 5.02 Å². The van der Waals surface area contributed by atoms with Crippen LogP contribution in [0.2, 0.25) is 5.02 Å². The Balaban J connectivity index is 2.65. The van der Waals surface area contributed by atoms with Crippen molar-refractivity contribution in [1.29, 1.82) is 0 Å². The molecule has 0 unspecified atom stereocenters. The van der Waals surface area contributed by atoms with Crippen LogP contribution in [0.5, 0.6) is 0 Å². The van der Waals surface area contributed by atoms with E-state index >= 15 is 0 Å². The van der Waals surface area contributed by atoms with E-state index in [9.17, 15) is 9.18 Å². The molecule has 0 radical (unpaired) electrons. The van der Waals surface area contributed by atoms with Crippen LogP contribution in [-0.4, -0.2) is 19.5 Å². The third kappa shape index (κ3) is 3.47. The lowest BCUT2D eigenvalue weighted by molar-refractivity contribution is -0.119. The van der Waals surface area contributed by atoms with E-state index in [-0.39, 0.29) is 24.3 Å². The van der Waals surface area contributed by atoms with E-state index in [1.54, 1.807) is 13.1 Å². The molecule has 5 heteroatoms. The smallest absolute Gasteiger partial charge is 0.233 e. The Morgan fingerprint density at radius 1 is 1.56 bits per heavy atom. The van der Waals surface area contributed by atoms with Crippen LogP contribution >= 0.6 is 11.6 Å². The highest BCUT2D eigenvalue weighted by atomic mass is 35.5. The molecule has 0 bridgehead atoms. The Bertz CT molecular complexity index is 384. The van der Waals surface area contributed by atoms with Crippen molar-refractivity contribution in [3.63, 3.8) is 0 Å². The van der Waals surface area contributed by atoms with Crippen molar-refractivity contribution in [1.82, 2.24) is 10.6 Å². The molecule has 0 saturated carbocycles. The van der Waals surface area contributed by atoms with Gasteiger partial charge < -0.3 is 10.6 Å². The molecule has 0 saturated heterocycles. The molecule has 1 atom stereocenters. The molecule has 1 aromatic rings. The van der Waals surface area contributed by atoms with Crippen LogP contribution in [0.15, 0.2) is 18.2 Å². The maximum Gasteiger partial charge on any atom is 0.233 e. The molecular weight excluding hydrogens is 231 g/mol. The van der Waals surface area contributed by atoms with Crippen molar-refractivity contribution in [3.05, 3.63) is 34.6 Å². The first-order valence-corrected chi connectivity index (χ1v) is 5.31. The maximum atomic E-state index is 12.8. The molecule has 1 amide bonds. The monoisotopic (exact) mass is 244 g/mol. The van der Waals surface area contributed by atoms with E-state index in [1.165, 1.54) is 12.1 Å². The molecule has 0 spiro atoms. The lowest BCUT2D eigenvalue weighted by atomic mass is 10.1. The van der Waals surface area contributed by atoms with Gasteiger partial charge in [-0.05, 0) is 24.6 Å². The van der Waals surface area contributed by atoms with Crippen LogP contribution in [0.1, 0.15) is 18.5 Å². The lowest BCUT2D eigenvalue weighted by Crippen LogP contribution is -2.32. The first-order chi connectivity index (χ1) is 7.54. The fourth-order valence-corrected chi connectivity index (χ4v) is 1.63. The number of benzene rings is 1. The maximum absolute atomic E-state index is 12.8. The zero-order chi connectivity index (χ0) is 12.1. The summed E-state index contributed by atoms with van der Waals surface area (Å²) in [6.45, 7) is 2.06. The first-order valence-electron chi connectivity index (χ1n) is 4.93. The molecule has 0 aliphatic heterocycles. The zero-order valence-corrected chi connectivity index (χ0v) is 9.94. The average Bonchev–Trinajstić information content (AvgIpc) is 2.25. The third-order valence-corrected chi connectivity index (χ3v) is 2.60. The predicted molar refractivity (Wildman–Crippen MR) is 61.9 cm³/mol. The molecule has 1 rings (SSSR count). The van der Waals surface area contributed by atoms with Gasteiger partial charge in [0.1, 0.15) is 5.82 Å². The van der Waals surface area contributed by atoms with Gasteiger partial charge in [-0.15, -0.1) is 0 Å². The summed E-state index contributed by atoms with van der Waals surface area (Å²) < 4.78 is 12.8. The largest absolute Gasteiger partial charge is 0.358 e. The molecule has 0 aliphatic rings. The van der Waals surface area contributed by atoms with Gasteiger partial charge in [0.15, 0.2) is 0 Å². The quantitative estimate of drug-likeness (QED) is 0.849. The van der Waals surface area contributed by atoms with Crippen molar-refractivity contribution in [2.24, 2.45) is 0 Å². The fraction of sp³-hybridized carbons (Fsp3) is 0.364. The predicted octanol–water partition coefficient (Wildman–Crippen LogP) is 1.88. The summed E-state index contributed by atoms with van der Waals surface area (Å²) in [6.07, 6.45) is 0. The zero-order valence-electron chi connectivity index (χ0n) is 9.18. The summed E-state index contributed by atoms with van der Waals surface area (Å²) in [5, 5.41) is 5.85. The Morgan fingerprint density at radius 2 is 2.25 bits per heavy atom. The van der Waals surface area contributed by atoms with Gasteiger partial charge in [0.2, 0.25) is 5.91 Å². The van der Waals surface area contributed by atoms with Crippen molar-refractivity contribution < 1.29 is 9.18 Å². The van der Waals surface area contributed by atoms with E-state index in [4.69, 9.17) is 11.6 Å². The van der Waals surface area contributed by atoms with Crippen LogP contribution < -0.4 is 10.6 Å². The second kappa shape index (κ2) is 5.82. The summed E-state index contributed by atoms with van der Waals surface area (Å²) in [5.74, 6) is -0.475. The number of hydrogen-bond acceptors (Lipinski definition) is 2. The summed E-state index contributed by atoms with van der Waals surface area (Å²) in [7, 11) is 1.57. The van der Waals surface area contributed by atoms with Gasteiger partial charge in [-0.25, -0.2) is 4.39 Å². The molecular formula is C11H14ClFN2O. The minimum Gasteiger partial charge on any atom is -0.358 e. The standard InChI is InChI=1S/C11H14ClFN2O/c1-7(15-6-11(16)14-2)9-4-3-8(13)5-10(9)12/h3-5,7,15H,6H2,1-2H3,(H,14,16)/t7-/m0/s1. The highest BCUT2D eigenvalue weighted by Crippen LogP contribution is 2.23. The Kier molecular flexibility index (Phi) is 4.71. The Hall–Kier alpha value is -1.13. The number of hydrogen-bond donors (Lipinski definition) is 2. The average molecular weight is 245 g/mol. The Labute approximate surface area is 99.0 Å². The number of nitrogens with one attached hydrogen (secondary N) is 2. The van der Waals surface area contributed by atoms with Gasteiger partial charge in [0.25, 0.3) is 0 Å². The van der Waals surface area contributed by atoms with Crippen LogP contribution in [0.25, 0.3) is 0 Å². The van der Waals surface area contributed by atoms with Crippen LogP contribution in [-0.2, 0) is 4.79 Å². The molecule has 0 aromatic heterocycles. The topological polar surface area (TPSA) is 41.1 Å². The highest BCUT2D eigenvalue weighted by molar-refractivity contribution is 6.31. The molecule has 16 heavy (non-hydrogen) atoms. The molecule has 88 valence electrons. The Morgan fingerprint density at radius 3 is 2.81 bits per heavy atom. The molecule has 3 nitrogen and oxygen atoms in total. The number of rotatable bonds is 4. The van der Waals surface area contributed by atoms with Crippen LogP contribution in [0.3, 0.4) is 0 Å². The fourth-order valence-electron chi connectivity index (χ4n) is 1.30. The van der Waals surface area contributed by atoms with E-state index in [0.717, 1.165) is 5.56 Å². The molecule has 0 fully saturated rings. The number of halogens is 2. The van der Waals surface area contributed by atoms with Crippen LogP contribution in [0.4, 0.5) is 4.39 Å². The summed E-state index contributed by atoms with van der Waals surface area (Å²) in [4.78, 5) is 11.0. The number of amides is 1. The third-order valence-electron chi connectivity index (χ3n) is 2.28. The van der Waals surface area contributed by atoms with Crippen molar-refractivity contribution in [2.45, 2.75) is 13.0 Å². The van der Waals surface area contributed by atoms with Gasteiger partial charge in [-0.1, -0.05) is 17.7 Å². The SMILES string of the molecule is CNC(=O)CN[C@@H](C)c1ccc(F)cc1Cl. The van der Waals surface area contributed by atoms with Crippen molar-refractivity contribution >= 4 is 17.5 Å². The highest BCUT2D eigenvalue weighted by Gasteiger charge is 2.10. The molecule has 1 aromatic carbocycles. The summed E-state index contributed by atoms with van der Waals surface area (Å²) >= 11 is 5.89. The minimum atomic E-state index is -0.368. The van der Waals surface area contributed by atoms with E-state index in [1.807, 2.05) is 6.92 Å². The van der Waals surface area contributed by atoms with Crippen molar-refractivity contribution in [3.8, 4) is 0 Å². The minimum absolute atomic E-state index is 0.106. The van der Waals surface area contributed by atoms with E-state index in [2.05, 4.69) is 10.6 Å². The first kappa shape index (κ1) is 12.9. The molecule has 0 aliphatic carbocycles. The lowest BCUT2D eigenvalue weighted by Gasteiger charge is -2.15. The van der Waals surface area contributed by atoms with Gasteiger partial charge in [-0.3, -0.25) is 4.79 Å². The summed E-state index contributed by atoms with van der Waals surface area (Å²) in [6, 6.07) is 4.11. The number of carbonyl (C=O) groups is 1. The second-order valence-corrected chi connectivity index (χ2v) is 3.85. The molecule has 0 heterocycles. The number of likely N-dealkylation sites (N-methyl/N-ethyl adjacent to an activating group) is 1. The van der Waals surface area contributed by atoms with E-state index < -0.39 is 0 Å². The van der Waals surface area contributed by atoms with Gasteiger partial charge >= 0.3 is 0 Å². The van der Waals surface area contributed by atoms with Crippen molar-refractivity contribution in [2.75, 3.05) is 13.6 Å². The van der Waals surface area contributed by atoms with Crippen LogP contribution in [0, 0.1) is 5.82 Å². The van der Waals surface area contributed by atoms with Gasteiger partial charge in [0, 0.05) is 18.1 Å². The molecule has 2 N–H and O–H groups in total. The summed E-state index contributed by atoms with van der Waals surface area (Å²) in [5.41, 5.74) is 0.770. The number of carbonyl (C=O) groups excluding carboxylic acids is 1. The normalized spacial score (nSPS) is 12.2.